The van der Waals surface area contributed by atoms with E-state index in [9.17, 15) is 0 Å². The first kappa shape index (κ1) is 13.8. The van der Waals surface area contributed by atoms with Gasteiger partial charge in [-0.15, -0.1) is 0 Å². The second-order valence-corrected chi connectivity index (χ2v) is 5.27. The van der Waals surface area contributed by atoms with Crippen LogP contribution in [-0.4, -0.2) is 47.0 Å². The maximum Gasteiger partial charge on any atom is 0.143 e. The molecule has 0 aromatic carbocycles. The Morgan fingerprint density at radius 3 is 2.74 bits per heavy atom. The lowest BCUT2D eigenvalue weighted by atomic mass is 10.3. The van der Waals surface area contributed by atoms with Crippen LogP contribution in [0.25, 0.3) is 11.0 Å². The number of anilines is 1. The quantitative estimate of drug-likeness (QED) is 0.784. The minimum atomic E-state index is 0.796. The molecule has 0 aliphatic rings. The SMILES string of the molecule is Cc1nc(NCCCCN(C)C)c2cc(C)[nH]c2n1. The third kappa shape index (κ3) is 3.67. The number of nitrogens with one attached hydrogen (secondary N) is 2. The number of fused-ring (bicyclic) bond motifs is 1. The normalized spacial score (nSPS) is 11.4. The summed E-state index contributed by atoms with van der Waals surface area (Å²) in [7, 11) is 4.21. The summed E-state index contributed by atoms with van der Waals surface area (Å²) in [4.78, 5) is 14.4. The van der Waals surface area contributed by atoms with Crippen molar-refractivity contribution in [2.45, 2.75) is 26.7 Å². The van der Waals surface area contributed by atoms with Crippen molar-refractivity contribution in [2.24, 2.45) is 0 Å². The highest BCUT2D eigenvalue weighted by atomic mass is 15.1. The Kier molecular flexibility index (Phi) is 4.37. The van der Waals surface area contributed by atoms with E-state index in [1.165, 1.54) is 6.42 Å². The number of aromatic nitrogens is 3. The molecule has 5 nitrogen and oxygen atoms in total. The number of aryl methyl sites for hydroxylation is 2. The molecule has 0 aliphatic carbocycles. The molecule has 2 N–H and O–H groups in total. The molecule has 0 saturated carbocycles. The molecule has 0 aliphatic heterocycles. The average Bonchev–Trinajstić information content (AvgIpc) is 2.68. The number of aromatic amines is 1. The van der Waals surface area contributed by atoms with Gasteiger partial charge in [0.15, 0.2) is 0 Å². The summed E-state index contributed by atoms with van der Waals surface area (Å²) in [6.45, 7) is 6.04. The summed E-state index contributed by atoms with van der Waals surface area (Å²) in [6.07, 6.45) is 2.34. The van der Waals surface area contributed by atoms with E-state index in [0.29, 0.717) is 0 Å². The first-order valence-electron chi connectivity index (χ1n) is 6.79. The van der Waals surface area contributed by atoms with E-state index >= 15 is 0 Å². The fourth-order valence-electron chi connectivity index (χ4n) is 2.15. The lowest BCUT2D eigenvalue weighted by Crippen LogP contribution is -2.14. The van der Waals surface area contributed by atoms with Crippen LogP contribution in [0.2, 0.25) is 0 Å². The lowest BCUT2D eigenvalue weighted by Gasteiger charge is -2.10. The summed E-state index contributed by atoms with van der Waals surface area (Å²) in [5, 5.41) is 4.51. The Balaban J connectivity index is 1.99. The minimum absolute atomic E-state index is 0.796. The van der Waals surface area contributed by atoms with Gasteiger partial charge in [0.1, 0.15) is 17.3 Å². The average molecular weight is 261 g/mol. The van der Waals surface area contributed by atoms with Gasteiger partial charge in [0.05, 0.1) is 5.39 Å². The molecule has 2 heterocycles. The van der Waals surface area contributed by atoms with E-state index in [1.807, 2.05) is 13.8 Å². The van der Waals surface area contributed by atoms with Gasteiger partial charge < -0.3 is 15.2 Å². The van der Waals surface area contributed by atoms with Crippen LogP contribution < -0.4 is 5.32 Å². The Hall–Kier alpha value is -1.62. The lowest BCUT2D eigenvalue weighted by molar-refractivity contribution is 0.396. The fourth-order valence-corrected chi connectivity index (χ4v) is 2.15. The van der Waals surface area contributed by atoms with Gasteiger partial charge in [-0.2, -0.15) is 0 Å². The Bertz CT molecular complexity index is 544. The number of rotatable bonds is 6. The minimum Gasteiger partial charge on any atom is -0.369 e. The first-order valence-corrected chi connectivity index (χ1v) is 6.79. The maximum absolute atomic E-state index is 4.49. The summed E-state index contributed by atoms with van der Waals surface area (Å²) in [5.41, 5.74) is 2.03. The van der Waals surface area contributed by atoms with Crippen LogP contribution in [0.4, 0.5) is 5.82 Å². The molecule has 0 fully saturated rings. The number of unbranched alkanes of at least 4 members (excludes halogenated alkanes) is 1. The van der Waals surface area contributed by atoms with E-state index in [2.05, 4.69) is 45.3 Å². The molecule has 104 valence electrons. The van der Waals surface area contributed by atoms with Gasteiger partial charge in [-0.25, -0.2) is 9.97 Å². The maximum atomic E-state index is 4.49. The predicted molar refractivity (Wildman–Crippen MR) is 79.6 cm³/mol. The molecule has 0 bridgehead atoms. The molecule has 5 heteroatoms. The van der Waals surface area contributed by atoms with Crippen LogP contribution in [0.1, 0.15) is 24.4 Å². The van der Waals surface area contributed by atoms with Gasteiger partial charge in [-0.3, -0.25) is 0 Å². The van der Waals surface area contributed by atoms with Crippen molar-refractivity contribution in [1.82, 2.24) is 19.9 Å². The van der Waals surface area contributed by atoms with Crippen molar-refractivity contribution < 1.29 is 0 Å². The highest BCUT2D eigenvalue weighted by molar-refractivity contribution is 5.87. The van der Waals surface area contributed by atoms with Crippen LogP contribution in [0, 0.1) is 13.8 Å². The molecule has 0 amide bonds. The largest absolute Gasteiger partial charge is 0.369 e. The summed E-state index contributed by atoms with van der Waals surface area (Å²) in [5.74, 6) is 1.74. The molecular weight excluding hydrogens is 238 g/mol. The molecule has 2 aromatic heterocycles. The Morgan fingerprint density at radius 2 is 2.00 bits per heavy atom. The first-order chi connectivity index (χ1) is 9.06. The van der Waals surface area contributed by atoms with E-state index in [-0.39, 0.29) is 0 Å². The third-order valence-electron chi connectivity index (χ3n) is 3.06. The second-order valence-electron chi connectivity index (χ2n) is 5.27. The van der Waals surface area contributed by atoms with Gasteiger partial charge in [0.2, 0.25) is 0 Å². The molecular formula is C14H23N5. The summed E-state index contributed by atoms with van der Waals surface area (Å²) >= 11 is 0. The number of nitrogens with zero attached hydrogens (tertiary/aromatic N) is 3. The van der Waals surface area contributed by atoms with Crippen LogP contribution in [0.5, 0.6) is 0 Å². The standard InChI is InChI=1S/C14H23N5/c1-10-9-12-13(15-7-5-6-8-19(3)4)17-11(2)18-14(12)16-10/h9H,5-8H2,1-4H3,(H2,15,16,17,18). The molecule has 0 unspecified atom stereocenters. The van der Waals surface area contributed by atoms with E-state index in [0.717, 1.165) is 47.9 Å². The van der Waals surface area contributed by atoms with Crippen LogP contribution >= 0.6 is 0 Å². The van der Waals surface area contributed by atoms with E-state index in [4.69, 9.17) is 0 Å². The van der Waals surface area contributed by atoms with E-state index in [1.54, 1.807) is 0 Å². The molecule has 0 radical (unpaired) electrons. The molecule has 0 saturated heterocycles. The summed E-state index contributed by atoms with van der Waals surface area (Å²) in [6, 6.07) is 2.09. The molecule has 2 aromatic rings. The zero-order chi connectivity index (χ0) is 13.8. The van der Waals surface area contributed by atoms with Crippen molar-refractivity contribution in [3.8, 4) is 0 Å². The zero-order valence-electron chi connectivity index (χ0n) is 12.2. The molecule has 0 spiro atoms. The molecule has 2 rings (SSSR count). The summed E-state index contributed by atoms with van der Waals surface area (Å²) < 4.78 is 0. The topological polar surface area (TPSA) is 56.8 Å². The van der Waals surface area contributed by atoms with Crippen molar-refractivity contribution in [3.05, 3.63) is 17.6 Å². The van der Waals surface area contributed by atoms with Crippen LogP contribution in [0.3, 0.4) is 0 Å². The van der Waals surface area contributed by atoms with Crippen LogP contribution in [-0.2, 0) is 0 Å². The number of hydrogen-bond acceptors (Lipinski definition) is 4. The number of hydrogen-bond donors (Lipinski definition) is 2. The van der Waals surface area contributed by atoms with Crippen molar-refractivity contribution in [3.63, 3.8) is 0 Å². The van der Waals surface area contributed by atoms with Gasteiger partial charge in [-0.05, 0) is 53.4 Å². The Labute approximate surface area is 114 Å². The number of H-pyrrole nitrogens is 1. The predicted octanol–water partition coefficient (Wildman–Crippen LogP) is 2.33. The van der Waals surface area contributed by atoms with Gasteiger partial charge in [-0.1, -0.05) is 0 Å². The van der Waals surface area contributed by atoms with Crippen LogP contribution in [0.15, 0.2) is 6.07 Å². The fraction of sp³-hybridized carbons (Fsp3) is 0.571. The van der Waals surface area contributed by atoms with Gasteiger partial charge in [0.25, 0.3) is 0 Å². The zero-order valence-corrected chi connectivity index (χ0v) is 12.2. The van der Waals surface area contributed by atoms with Gasteiger partial charge in [0, 0.05) is 12.2 Å². The second kappa shape index (κ2) is 6.02. The highest BCUT2D eigenvalue weighted by Gasteiger charge is 2.07. The van der Waals surface area contributed by atoms with Crippen molar-refractivity contribution in [2.75, 3.05) is 32.5 Å². The third-order valence-corrected chi connectivity index (χ3v) is 3.06. The Morgan fingerprint density at radius 1 is 1.21 bits per heavy atom. The van der Waals surface area contributed by atoms with Crippen molar-refractivity contribution in [1.29, 1.82) is 0 Å². The molecule has 0 atom stereocenters. The van der Waals surface area contributed by atoms with E-state index < -0.39 is 0 Å². The van der Waals surface area contributed by atoms with Gasteiger partial charge >= 0.3 is 0 Å². The smallest absolute Gasteiger partial charge is 0.143 e. The monoisotopic (exact) mass is 261 g/mol. The molecule has 19 heavy (non-hydrogen) atoms. The highest BCUT2D eigenvalue weighted by Crippen LogP contribution is 2.21. The van der Waals surface area contributed by atoms with Crippen molar-refractivity contribution >= 4 is 16.9 Å².